The Hall–Kier alpha value is -1.39. The maximum Gasteiger partial charge on any atom is 0.129 e. The second-order valence-electron chi connectivity index (χ2n) is 5.07. The molecule has 1 aliphatic heterocycles. The number of allylic oxidation sites excluding steroid dienone is 1. The van der Waals surface area contributed by atoms with Crippen LogP contribution in [0, 0.1) is 0 Å². The molecule has 4 heteroatoms. The number of rotatable bonds is 2. The van der Waals surface area contributed by atoms with Gasteiger partial charge in [0.25, 0.3) is 0 Å². The number of fused-ring (bicyclic) bond motifs is 1. The molecule has 0 amide bonds. The highest BCUT2D eigenvalue weighted by Gasteiger charge is 2.13. The Balaban J connectivity index is 2.08. The van der Waals surface area contributed by atoms with E-state index in [-0.39, 0.29) is 0 Å². The molecule has 0 radical (unpaired) electrons. The first-order chi connectivity index (χ1) is 9.65. The second-order valence-corrected chi connectivity index (χ2v) is 5.98. The van der Waals surface area contributed by atoms with Crippen molar-refractivity contribution in [3.05, 3.63) is 40.9 Å². The van der Waals surface area contributed by atoms with E-state index >= 15 is 0 Å². The number of hydrogen-bond donors (Lipinski definition) is 0. The van der Waals surface area contributed by atoms with E-state index in [0.717, 1.165) is 58.6 Å². The van der Waals surface area contributed by atoms with E-state index in [4.69, 9.17) is 9.72 Å². The summed E-state index contributed by atoms with van der Waals surface area (Å²) in [4.78, 5) is 7.07. The van der Waals surface area contributed by atoms with Crippen LogP contribution in [-0.4, -0.2) is 31.3 Å². The van der Waals surface area contributed by atoms with E-state index in [2.05, 4.69) is 51.7 Å². The van der Waals surface area contributed by atoms with Crippen LogP contribution >= 0.6 is 15.9 Å². The molecule has 0 aliphatic carbocycles. The van der Waals surface area contributed by atoms with Crippen molar-refractivity contribution in [2.45, 2.75) is 6.92 Å². The first kappa shape index (κ1) is 13.6. The number of hydrogen-bond acceptors (Lipinski definition) is 3. The van der Waals surface area contributed by atoms with Gasteiger partial charge in [0.2, 0.25) is 0 Å². The zero-order valence-corrected chi connectivity index (χ0v) is 13.1. The molecule has 3 rings (SSSR count). The number of morpholine rings is 1. The number of ether oxygens (including phenoxy) is 1. The third kappa shape index (κ3) is 2.58. The van der Waals surface area contributed by atoms with Gasteiger partial charge in [0, 0.05) is 22.9 Å². The summed E-state index contributed by atoms with van der Waals surface area (Å²) < 4.78 is 6.43. The van der Waals surface area contributed by atoms with Gasteiger partial charge < -0.3 is 9.64 Å². The van der Waals surface area contributed by atoms with Crippen LogP contribution in [0.25, 0.3) is 16.5 Å². The van der Waals surface area contributed by atoms with Gasteiger partial charge in [-0.05, 0) is 36.8 Å². The van der Waals surface area contributed by atoms with Crippen LogP contribution < -0.4 is 4.90 Å². The van der Waals surface area contributed by atoms with E-state index in [1.165, 1.54) is 0 Å². The van der Waals surface area contributed by atoms with Crippen LogP contribution in [0.15, 0.2) is 35.3 Å². The molecule has 0 N–H and O–H groups in total. The molecule has 0 unspecified atom stereocenters. The van der Waals surface area contributed by atoms with Crippen molar-refractivity contribution in [1.29, 1.82) is 0 Å². The van der Waals surface area contributed by atoms with Gasteiger partial charge in [-0.25, -0.2) is 4.98 Å². The normalized spacial score (nSPS) is 15.6. The minimum atomic E-state index is 0.773. The third-order valence-corrected chi connectivity index (χ3v) is 4.01. The lowest BCUT2D eigenvalue weighted by Crippen LogP contribution is -2.36. The molecule has 1 aliphatic rings. The van der Waals surface area contributed by atoms with Crippen LogP contribution in [0.1, 0.15) is 12.5 Å². The highest BCUT2D eigenvalue weighted by atomic mass is 79.9. The number of anilines is 1. The fourth-order valence-corrected chi connectivity index (χ4v) is 2.96. The molecule has 0 saturated carbocycles. The Morgan fingerprint density at radius 2 is 2.05 bits per heavy atom. The Morgan fingerprint density at radius 3 is 2.75 bits per heavy atom. The van der Waals surface area contributed by atoms with E-state index in [1.54, 1.807) is 0 Å². The minimum absolute atomic E-state index is 0.773. The second kappa shape index (κ2) is 5.54. The molecule has 0 bridgehead atoms. The number of benzene rings is 1. The molecule has 1 fully saturated rings. The molecule has 1 saturated heterocycles. The maximum absolute atomic E-state index is 5.39. The molecule has 0 spiro atoms. The van der Waals surface area contributed by atoms with Crippen LogP contribution in [0.2, 0.25) is 0 Å². The van der Waals surface area contributed by atoms with Crippen LogP contribution in [-0.2, 0) is 4.74 Å². The van der Waals surface area contributed by atoms with Crippen molar-refractivity contribution in [3.8, 4) is 0 Å². The Kier molecular flexibility index (Phi) is 3.76. The quantitative estimate of drug-likeness (QED) is 0.834. The highest BCUT2D eigenvalue weighted by molar-refractivity contribution is 9.10. The zero-order valence-electron chi connectivity index (χ0n) is 11.5. The lowest BCUT2D eigenvalue weighted by Gasteiger charge is -2.28. The van der Waals surface area contributed by atoms with Crippen LogP contribution in [0.5, 0.6) is 0 Å². The lowest BCUT2D eigenvalue weighted by atomic mass is 10.0. The smallest absolute Gasteiger partial charge is 0.129 e. The predicted molar refractivity (Wildman–Crippen MR) is 87.2 cm³/mol. The average molecular weight is 333 g/mol. The van der Waals surface area contributed by atoms with E-state index in [1.807, 2.05) is 6.92 Å². The summed E-state index contributed by atoms with van der Waals surface area (Å²) in [5, 5.41) is 1.15. The van der Waals surface area contributed by atoms with Gasteiger partial charge in [-0.1, -0.05) is 28.1 Å². The van der Waals surface area contributed by atoms with Crippen molar-refractivity contribution in [2.24, 2.45) is 0 Å². The molecular formula is C16H17BrN2O. The predicted octanol–water partition coefficient (Wildman–Crippen LogP) is 3.87. The number of halogens is 1. The summed E-state index contributed by atoms with van der Waals surface area (Å²) in [6, 6.07) is 8.39. The first-order valence-corrected chi connectivity index (χ1v) is 7.53. The molecule has 0 atom stereocenters. The third-order valence-electron chi connectivity index (χ3n) is 3.55. The molecule has 1 aromatic heterocycles. The van der Waals surface area contributed by atoms with E-state index < -0.39 is 0 Å². The van der Waals surface area contributed by atoms with Crippen molar-refractivity contribution in [2.75, 3.05) is 31.2 Å². The largest absolute Gasteiger partial charge is 0.378 e. The van der Waals surface area contributed by atoms with Gasteiger partial charge in [0.15, 0.2) is 0 Å². The van der Waals surface area contributed by atoms with Gasteiger partial charge in [-0.2, -0.15) is 0 Å². The maximum atomic E-state index is 5.39. The number of nitrogens with zero attached hydrogens (tertiary/aromatic N) is 2. The van der Waals surface area contributed by atoms with Gasteiger partial charge in [0.1, 0.15) is 5.82 Å². The number of pyridine rings is 1. The van der Waals surface area contributed by atoms with Gasteiger partial charge in [-0.3, -0.25) is 0 Å². The van der Waals surface area contributed by atoms with Crippen LogP contribution in [0.4, 0.5) is 5.82 Å². The SMILES string of the molecule is C=C(C)c1cc(Br)cc2nc(N3CCOCC3)ccc12. The fourth-order valence-electron chi connectivity index (χ4n) is 2.51. The minimum Gasteiger partial charge on any atom is -0.378 e. The summed E-state index contributed by atoms with van der Waals surface area (Å²) in [5.74, 6) is 1.02. The zero-order chi connectivity index (χ0) is 14.1. The highest BCUT2D eigenvalue weighted by Crippen LogP contribution is 2.29. The number of aromatic nitrogens is 1. The summed E-state index contributed by atoms with van der Waals surface area (Å²) in [6.07, 6.45) is 0. The summed E-state index contributed by atoms with van der Waals surface area (Å²) >= 11 is 3.56. The Bertz CT molecular complexity index is 663. The molecule has 1 aromatic carbocycles. The monoisotopic (exact) mass is 332 g/mol. The van der Waals surface area contributed by atoms with Crippen molar-refractivity contribution in [1.82, 2.24) is 4.98 Å². The molecule has 2 heterocycles. The van der Waals surface area contributed by atoms with E-state index in [0.29, 0.717) is 0 Å². The van der Waals surface area contributed by atoms with Crippen molar-refractivity contribution in [3.63, 3.8) is 0 Å². The summed E-state index contributed by atoms with van der Waals surface area (Å²) in [6.45, 7) is 9.43. The first-order valence-electron chi connectivity index (χ1n) is 6.74. The summed E-state index contributed by atoms with van der Waals surface area (Å²) in [7, 11) is 0. The van der Waals surface area contributed by atoms with E-state index in [9.17, 15) is 0 Å². The van der Waals surface area contributed by atoms with Gasteiger partial charge in [-0.15, -0.1) is 0 Å². The topological polar surface area (TPSA) is 25.4 Å². The Labute approximate surface area is 127 Å². The molecule has 3 nitrogen and oxygen atoms in total. The van der Waals surface area contributed by atoms with Crippen LogP contribution in [0.3, 0.4) is 0 Å². The summed E-state index contributed by atoms with van der Waals surface area (Å²) in [5.41, 5.74) is 3.20. The van der Waals surface area contributed by atoms with Gasteiger partial charge in [0.05, 0.1) is 18.7 Å². The molecular weight excluding hydrogens is 316 g/mol. The van der Waals surface area contributed by atoms with Gasteiger partial charge >= 0.3 is 0 Å². The Morgan fingerprint density at radius 1 is 1.30 bits per heavy atom. The molecule has 2 aromatic rings. The molecule has 20 heavy (non-hydrogen) atoms. The van der Waals surface area contributed by atoms with Crippen molar-refractivity contribution < 1.29 is 4.74 Å². The average Bonchev–Trinajstić information content (AvgIpc) is 2.46. The fraction of sp³-hybridized carbons (Fsp3) is 0.312. The lowest BCUT2D eigenvalue weighted by molar-refractivity contribution is 0.122. The molecule has 104 valence electrons. The van der Waals surface area contributed by atoms with Crippen molar-refractivity contribution >= 4 is 38.2 Å². The standard InChI is InChI=1S/C16H17BrN2O/c1-11(2)14-9-12(17)10-15-13(14)3-4-16(18-15)19-5-7-20-8-6-19/h3-4,9-10H,1,5-8H2,2H3.